The maximum absolute atomic E-state index is 13.1. The summed E-state index contributed by atoms with van der Waals surface area (Å²) in [5, 5.41) is 0.135. The van der Waals surface area contributed by atoms with E-state index < -0.39 is 11.7 Å². The van der Waals surface area contributed by atoms with Crippen molar-refractivity contribution in [3.8, 4) is 11.5 Å². The number of rotatable bonds is 2. The van der Waals surface area contributed by atoms with Gasteiger partial charge in [-0.1, -0.05) is 34.1 Å². The van der Waals surface area contributed by atoms with E-state index in [1.807, 2.05) is 0 Å². The quantitative estimate of drug-likeness (QED) is 0.574. The summed E-state index contributed by atoms with van der Waals surface area (Å²) in [7, 11) is 0. The van der Waals surface area contributed by atoms with Crippen LogP contribution in [0.2, 0.25) is 0 Å². The molecule has 0 fully saturated rings. The summed E-state index contributed by atoms with van der Waals surface area (Å²) >= 11 is 3.07. The highest BCUT2D eigenvalue weighted by atomic mass is 79.9. The highest BCUT2D eigenvalue weighted by Gasteiger charge is 2.33. The van der Waals surface area contributed by atoms with Gasteiger partial charge < -0.3 is 4.42 Å². The number of benzene rings is 2. The summed E-state index contributed by atoms with van der Waals surface area (Å²) in [6.07, 6.45) is -4.41. The summed E-state index contributed by atoms with van der Waals surface area (Å²) in [5.74, 6) is 0.183. The molecule has 2 nitrogen and oxygen atoms in total. The summed E-state index contributed by atoms with van der Waals surface area (Å²) < 4.78 is 44.7. The first kappa shape index (κ1) is 14.1. The molecule has 0 saturated heterocycles. The van der Waals surface area contributed by atoms with Crippen LogP contribution in [0.15, 0.2) is 46.9 Å². The van der Waals surface area contributed by atoms with Crippen molar-refractivity contribution in [2.45, 2.75) is 11.5 Å². The molecule has 0 unspecified atom stereocenters. The van der Waals surface area contributed by atoms with Crippen LogP contribution in [-0.2, 0) is 11.5 Å². The van der Waals surface area contributed by atoms with Crippen molar-refractivity contribution in [2.24, 2.45) is 0 Å². The lowest BCUT2D eigenvalue weighted by Gasteiger charge is -2.12. The van der Waals surface area contributed by atoms with Gasteiger partial charge in [0.05, 0.1) is 5.56 Å². The molecule has 3 aromatic rings. The van der Waals surface area contributed by atoms with E-state index in [-0.39, 0.29) is 16.8 Å². The summed E-state index contributed by atoms with van der Waals surface area (Å²) in [4.78, 5) is 4.22. The van der Waals surface area contributed by atoms with Crippen molar-refractivity contribution in [2.75, 3.05) is 0 Å². The van der Waals surface area contributed by atoms with Crippen LogP contribution >= 0.6 is 15.9 Å². The molecule has 0 saturated carbocycles. The van der Waals surface area contributed by atoms with Crippen molar-refractivity contribution in [1.29, 1.82) is 0 Å². The Balaban J connectivity index is 2.14. The minimum Gasteiger partial charge on any atom is -0.436 e. The van der Waals surface area contributed by atoms with Gasteiger partial charge in [0.25, 0.3) is 0 Å². The standard InChI is InChI=1S/C15H9BrF3NO/c16-8-10-6-5-9(7-11(10)15(17,18)19)14-20-12-3-1-2-4-13(12)21-14/h1-7H,8H2. The van der Waals surface area contributed by atoms with Crippen LogP contribution in [0.25, 0.3) is 22.6 Å². The molecule has 0 aliphatic heterocycles. The highest BCUT2D eigenvalue weighted by molar-refractivity contribution is 9.08. The molecular formula is C15H9BrF3NO. The van der Waals surface area contributed by atoms with Crippen molar-refractivity contribution in [1.82, 2.24) is 4.98 Å². The van der Waals surface area contributed by atoms with Gasteiger partial charge in [0, 0.05) is 10.9 Å². The largest absolute Gasteiger partial charge is 0.436 e. The van der Waals surface area contributed by atoms with E-state index in [0.29, 0.717) is 16.7 Å². The molecular weight excluding hydrogens is 347 g/mol. The molecule has 0 N–H and O–H groups in total. The van der Waals surface area contributed by atoms with Gasteiger partial charge >= 0.3 is 6.18 Å². The monoisotopic (exact) mass is 355 g/mol. The molecule has 1 heterocycles. The Morgan fingerprint density at radius 1 is 1.10 bits per heavy atom. The Bertz CT molecular complexity index is 762. The van der Waals surface area contributed by atoms with Gasteiger partial charge in [-0.25, -0.2) is 4.98 Å². The van der Waals surface area contributed by atoms with Crippen LogP contribution < -0.4 is 0 Å². The van der Waals surface area contributed by atoms with E-state index in [0.717, 1.165) is 6.07 Å². The predicted molar refractivity (Wildman–Crippen MR) is 77.1 cm³/mol. The minimum atomic E-state index is -4.41. The van der Waals surface area contributed by atoms with E-state index in [1.165, 1.54) is 6.07 Å². The highest BCUT2D eigenvalue weighted by Crippen LogP contribution is 2.36. The average Bonchev–Trinajstić information content (AvgIpc) is 2.89. The number of nitrogens with zero attached hydrogens (tertiary/aromatic N) is 1. The summed E-state index contributed by atoms with van der Waals surface area (Å²) in [6.45, 7) is 0. The van der Waals surface area contributed by atoms with Crippen molar-refractivity contribution in [3.63, 3.8) is 0 Å². The molecule has 21 heavy (non-hydrogen) atoms. The molecule has 0 amide bonds. The van der Waals surface area contributed by atoms with Gasteiger partial charge in [-0.3, -0.25) is 0 Å². The molecule has 108 valence electrons. The fourth-order valence-electron chi connectivity index (χ4n) is 2.09. The molecule has 0 atom stereocenters. The zero-order valence-electron chi connectivity index (χ0n) is 10.6. The lowest BCUT2D eigenvalue weighted by Crippen LogP contribution is -2.08. The number of hydrogen-bond donors (Lipinski definition) is 0. The smallest absolute Gasteiger partial charge is 0.416 e. The zero-order chi connectivity index (χ0) is 15.0. The topological polar surface area (TPSA) is 26.0 Å². The minimum absolute atomic E-state index is 0.135. The Morgan fingerprint density at radius 3 is 2.52 bits per heavy atom. The molecule has 0 aliphatic carbocycles. The van der Waals surface area contributed by atoms with Crippen LogP contribution in [0.1, 0.15) is 11.1 Å². The number of aromatic nitrogens is 1. The first-order chi connectivity index (χ1) is 9.99. The Kier molecular flexibility index (Phi) is 3.49. The first-order valence-electron chi connectivity index (χ1n) is 6.11. The van der Waals surface area contributed by atoms with Crippen LogP contribution in [0.4, 0.5) is 13.2 Å². The fraction of sp³-hybridized carbons (Fsp3) is 0.133. The second-order valence-corrected chi connectivity index (χ2v) is 5.05. The molecule has 0 radical (unpaired) electrons. The summed E-state index contributed by atoms with van der Waals surface area (Å²) in [6, 6.07) is 11.1. The third-order valence-corrected chi connectivity index (χ3v) is 3.70. The van der Waals surface area contributed by atoms with Crippen molar-refractivity contribution in [3.05, 3.63) is 53.6 Å². The maximum Gasteiger partial charge on any atom is 0.416 e. The van der Waals surface area contributed by atoms with Crippen molar-refractivity contribution < 1.29 is 17.6 Å². The number of fused-ring (bicyclic) bond motifs is 1. The fourth-order valence-corrected chi connectivity index (χ4v) is 2.57. The zero-order valence-corrected chi connectivity index (χ0v) is 12.2. The lowest BCUT2D eigenvalue weighted by atomic mass is 10.0. The second kappa shape index (κ2) is 5.18. The van der Waals surface area contributed by atoms with Gasteiger partial charge in [-0.05, 0) is 29.8 Å². The number of halogens is 4. The Labute approximate surface area is 126 Å². The lowest BCUT2D eigenvalue weighted by molar-refractivity contribution is -0.138. The third kappa shape index (κ3) is 2.68. The van der Waals surface area contributed by atoms with Crippen LogP contribution in [0.3, 0.4) is 0 Å². The average molecular weight is 356 g/mol. The van der Waals surface area contributed by atoms with Gasteiger partial charge in [0.2, 0.25) is 5.89 Å². The van der Waals surface area contributed by atoms with Gasteiger partial charge in [0.15, 0.2) is 5.58 Å². The van der Waals surface area contributed by atoms with Crippen LogP contribution in [0, 0.1) is 0 Å². The van der Waals surface area contributed by atoms with Gasteiger partial charge in [-0.2, -0.15) is 13.2 Å². The molecule has 1 aromatic heterocycles. The van der Waals surface area contributed by atoms with E-state index >= 15 is 0 Å². The van der Waals surface area contributed by atoms with Crippen molar-refractivity contribution >= 4 is 27.0 Å². The van der Waals surface area contributed by atoms with E-state index in [2.05, 4.69) is 20.9 Å². The van der Waals surface area contributed by atoms with E-state index in [9.17, 15) is 13.2 Å². The molecule has 0 aliphatic rings. The maximum atomic E-state index is 13.1. The number of oxazole rings is 1. The second-order valence-electron chi connectivity index (χ2n) is 4.49. The molecule has 2 aromatic carbocycles. The normalized spacial score (nSPS) is 12.0. The molecule has 0 bridgehead atoms. The third-order valence-electron chi connectivity index (χ3n) is 3.10. The number of alkyl halides is 4. The Hall–Kier alpha value is -1.82. The molecule has 0 spiro atoms. The SMILES string of the molecule is FC(F)(F)c1cc(-c2nc3ccccc3o2)ccc1CBr. The van der Waals surface area contributed by atoms with Crippen LogP contribution in [-0.4, -0.2) is 4.98 Å². The number of para-hydroxylation sites is 2. The first-order valence-corrected chi connectivity index (χ1v) is 7.23. The van der Waals surface area contributed by atoms with Gasteiger partial charge in [-0.15, -0.1) is 0 Å². The van der Waals surface area contributed by atoms with Crippen LogP contribution in [0.5, 0.6) is 0 Å². The van der Waals surface area contributed by atoms with E-state index in [4.69, 9.17) is 4.42 Å². The Morgan fingerprint density at radius 2 is 1.86 bits per heavy atom. The predicted octanol–water partition coefficient (Wildman–Crippen LogP) is 5.41. The molecule has 3 rings (SSSR count). The summed E-state index contributed by atoms with van der Waals surface area (Å²) in [5.41, 5.74) is 0.973. The molecule has 6 heteroatoms. The number of hydrogen-bond acceptors (Lipinski definition) is 2. The van der Waals surface area contributed by atoms with Gasteiger partial charge in [0.1, 0.15) is 5.52 Å². The van der Waals surface area contributed by atoms with E-state index in [1.54, 1.807) is 30.3 Å².